The first kappa shape index (κ1) is 22.9. The number of carbonyl (C=O) groups excluding carboxylic acids is 2. The molecule has 1 atom stereocenters. The van der Waals surface area contributed by atoms with E-state index in [4.69, 9.17) is 9.57 Å². The number of hydrogen-bond donors (Lipinski definition) is 0. The first-order valence-corrected chi connectivity index (χ1v) is 10.7. The first-order valence-electron chi connectivity index (χ1n) is 10.7. The topological polar surface area (TPSA) is 62.3 Å². The molecule has 0 aliphatic carbocycles. The number of Topliss-reactive ketones (excluding diaryl/α,β-unsaturated/α-hetero) is 1. The fourth-order valence-corrected chi connectivity index (χ4v) is 3.90. The van der Waals surface area contributed by atoms with Gasteiger partial charge in [0, 0.05) is 19.5 Å². The summed E-state index contributed by atoms with van der Waals surface area (Å²) in [4.78, 5) is 32.2. The molecule has 7 nitrogen and oxygen atoms in total. The third-order valence-corrected chi connectivity index (χ3v) is 5.64. The molecule has 2 aliphatic rings. The summed E-state index contributed by atoms with van der Waals surface area (Å²) in [5.74, 6) is -1.68. The molecule has 0 unspecified atom stereocenters. The smallest absolute Gasteiger partial charge is 0.414 e. The van der Waals surface area contributed by atoms with Crippen LogP contribution in [0, 0.1) is 5.82 Å². The van der Waals surface area contributed by atoms with Gasteiger partial charge in [-0.2, -0.15) is 0 Å². The Kier molecular flexibility index (Phi) is 7.02. The number of para-hydroxylation sites is 1. The van der Waals surface area contributed by atoms with Crippen molar-refractivity contribution >= 4 is 28.9 Å². The molecule has 0 radical (unpaired) electrons. The van der Waals surface area contributed by atoms with Gasteiger partial charge >= 0.3 is 6.09 Å². The van der Waals surface area contributed by atoms with Crippen molar-refractivity contribution in [3.8, 4) is 0 Å². The molecule has 0 spiro atoms. The summed E-state index contributed by atoms with van der Waals surface area (Å²) in [7, 11) is 0. The molecule has 1 amide bonds. The average molecular weight is 463 g/mol. The van der Waals surface area contributed by atoms with Gasteiger partial charge in [0.15, 0.2) is 5.78 Å². The summed E-state index contributed by atoms with van der Waals surface area (Å²) < 4.78 is 44.9. The van der Waals surface area contributed by atoms with E-state index in [-0.39, 0.29) is 19.4 Å². The van der Waals surface area contributed by atoms with E-state index in [1.54, 1.807) is 17.2 Å². The molecule has 0 N–H and O–H groups in total. The summed E-state index contributed by atoms with van der Waals surface area (Å²) in [5, 5.41) is 1.78. The van der Waals surface area contributed by atoms with Crippen molar-refractivity contribution in [2.45, 2.75) is 25.4 Å². The fraction of sp³-hybridized carbons (Fsp3) is 0.391. The standard InChI is InChI=1S/C23H24F3N3O4/c24-19-14-17(28-15-18(33-23(28)31)7-9-21(30)22(25)26)6-8-20(19)27-10-11-29(32-13-12-27)16-4-2-1-3-5-16/h1-6,8,14,18,22H,7,9-13,15H2/t18-/m0/s1. The van der Waals surface area contributed by atoms with Gasteiger partial charge in [-0.1, -0.05) is 18.2 Å². The quantitative estimate of drug-likeness (QED) is 0.618. The van der Waals surface area contributed by atoms with Crippen molar-refractivity contribution in [1.29, 1.82) is 0 Å². The number of carbonyl (C=O) groups is 2. The minimum atomic E-state index is -3.04. The highest BCUT2D eigenvalue weighted by atomic mass is 19.3. The normalized spacial score (nSPS) is 19.1. The molecule has 2 aromatic carbocycles. The predicted molar refractivity (Wildman–Crippen MR) is 116 cm³/mol. The zero-order valence-corrected chi connectivity index (χ0v) is 17.8. The van der Waals surface area contributed by atoms with Crippen molar-refractivity contribution in [2.75, 3.05) is 47.6 Å². The van der Waals surface area contributed by atoms with E-state index < -0.39 is 30.2 Å². The Hall–Kier alpha value is -3.27. The molecular weight excluding hydrogens is 439 g/mol. The molecule has 2 fully saturated rings. The van der Waals surface area contributed by atoms with Crippen LogP contribution in [0.15, 0.2) is 48.5 Å². The molecule has 10 heteroatoms. The van der Waals surface area contributed by atoms with Crippen LogP contribution in [0.5, 0.6) is 0 Å². The van der Waals surface area contributed by atoms with E-state index >= 15 is 4.39 Å². The molecule has 4 rings (SSSR count). The number of cyclic esters (lactones) is 1. The number of hydroxylamine groups is 1. The van der Waals surface area contributed by atoms with Crippen LogP contribution < -0.4 is 14.9 Å². The summed E-state index contributed by atoms with van der Waals surface area (Å²) >= 11 is 0. The molecule has 0 aromatic heterocycles. The predicted octanol–water partition coefficient (Wildman–Crippen LogP) is 4.02. The van der Waals surface area contributed by atoms with Crippen molar-refractivity contribution in [1.82, 2.24) is 0 Å². The van der Waals surface area contributed by atoms with E-state index in [2.05, 4.69) is 0 Å². The zero-order valence-electron chi connectivity index (χ0n) is 17.8. The van der Waals surface area contributed by atoms with E-state index in [1.165, 1.54) is 11.0 Å². The Balaban J connectivity index is 1.39. The monoisotopic (exact) mass is 463 g/mol. The number of amides is 1. The zero-order chi connectivity index (χ0) is 23.4. The molecule has 2 aliphatic heterocycles. The summed E-state index contributed by atoms with van der Waals surface area (Å²) in [5.41, 5.74) is 1.62. The number of rotatable bonds is 7. The number of hydrogen-bond acceptors (Lipinski definition) is 6. The van der Waals surface area contributed by atoms with Crippen LogP contribution in [-0.4, -0.2) is 57.2 Å². The van der Waals surface area contributed by atoms with Gasteiger partial charge in [0.25, 0.3) is 6.43 Å². The second-order valence-corrected chi connectivity index (χ2v) is 7.82. The van der Waals surface area contributed by atoms with Crippen molar-refractivity contribution in [2.24, 2.45) is 0 Å². The lowest BCUT2D eigenvalue weighted by Crippen LogP contribution is -2.31. The van der Waals surface area contributed by atoms with E-state index in [0.717, 1.165) is 5.69 Å². The molecule has 176 valence electrons. The lowest BCUT2D eigenvalue weighted by molar-refractivity contribution is -0.129. The van der Waals surface area contributed by atoms with Gasteiger partial charge in [-0.25, -0.2) is 18.0 Å². The summed E-state index contributed by atoms with van der Waals surface area (Å²) in [6, 6.07) is 14.1. The molecule has 33 heavy (non-hydrogen) atoms. The molecule has 2 saturated heterocycles. The fourth-order valence-electron chi connectivity index (χ4n) is 3.90. The highest BCUT2D eigenvalue weighted by molar-refractivity contribution is 5.90. The maximum absolute atomic E-state index is 15.0. The highest BCUT2D eigenvalue weighted by Gasteiger charge is 2.33. The van der Waals surface area contributed by atoms with Crippen molar-refractivity contribution in [3.05, 3.63) is 54.3 Å². The molecular formula is C23H24F3N3O4. The summed E-state index contributed by atoms with van der Waals surface area (Å²) in [6.07, 6.45) is -4.82. The number of ketones is 1. The lowest BCUT2D eigenvalue weighted by Gasteiger charge is -2.24. The average Bonchev–Trinajstić information content (AvgIpc) is 3.02. The third kappa shape index (κ3) is 5.39. The number of benzene rings is 2. The van der Waals surface area contributed by atoms with E-state index in [9.17, 15) is 18.4 Å². The van der Waals surface area contributed by atoms with Gasteiger partial charge in [-0.3, -0.25) is 19.6 Å². The Bertz CT molecular complexity index is 992. The Morgan fingerprint density at radius 1 is 1.06 bits per heavy atom. The van der Waals surface area contributed by atoms with Crippen LogP contribution in [0.1, 0.15) is 12.8 Å². The minimum Gasteiger partial charge on any atom is -0.444 e. The van der Waals surface area contributed by atoms with Gasteiger partial charge in [-0.15, -0.1) is 0 Å². The van der Waals surface area contributed by atoms with E-state index in [1.807, 2.05) is 35.2 Å². The number of anilines is 3. The number of ether oxygens (including phenoxy) is 1. The largest absolute Gasteiger partial charge is 0.444 e. The van der Waals surface area contributed by atoms with Gasteiger partial charge in [0.1, 0.15) is 11.9 Å². The summed E-state index contributed by atoms with van der Waals surface area (Å²) in [6.45, 7) is 2.02. The van der Waals surface area contributed by atoms with Crippen LogP contribution in [0.25, 0.3) is 0 Å². The Morgan fingerprint density at radius 2 is 1.85 bits per heavy atom. The van der Waals surface area contributed by atoms with Crippen LogP contribution in [0.4, 0.5) is 35.0 Å². The van der Waals surface area contributed by atoms with E-state index in [0.29, 0.717) is 37.6 Å². The number of nitrogens with zero attached hydrogens (tertiary/aromatic N) is 3. The van der Waals surface area contributed by atoms with Gasteiger partial charge in [-0.05, 0) is 36.8 Å². The maximum Gasteiger partial charge on any atom is 0.414 e. The van der Waals surface area contributed by atoms with Crippen LogP contribution in [-0.2, 0) is 14.4 Å². The minimum absolute atomic E-state index is 0.00231. The second-order valence-electron chi connectivity index (χ2n) is 7.82. The second kappa shape index (κ2) is 10.1. The number of alkyl halides is 2. The molecule has 2 heterocycles. The maximum atomic E-state index is 15.0. The van der Waals surface area contributed by atoms with Crippen LogP contribution in [0.3, 0.4) is 0 Å². The Morgan fingerprint density at radius 3 is 2.58 bits per heavy atom. The van der Waals surface area contributed by atoms with Crippen LogP contribution >= 0.6 is 0 Å². The van der Waals surface area contributed by atoms with Gasteiger partial charge in [0.2, 0.25) is 0 Å². The molecule has 0 saturated carbocycles. The lowest BCUT2D eigenvalue weighted by atomic mass is 10.1. The van der Waals surface area contributed by atoms with Crippen molar-refractivity contribution in [3.63, 3.8) is 0 Å². The van der Waals surface area contributed by atoms with Gasteiger partial charge in [0.05, 0.1) is 36.8 Å². The van der Waals surface area contributed by atoms with Crippen molar-refractivity contribution < 1.29 is 32.3 Å². The first-order chi connectivity index (χ1) is 15.9. The Labute approximate surface area is 189 Å². The van der Waals surface area contributed by atoms with Crippen LogP contribution in [0.2, 0.25) is 0 Å². The van der Waals surface area contributed by atoms with Gasteiger partial charge < -0.3 is 9.64 Å². The number of halogens is 3. The molecule has 0 bridgehead atoms. The SMILES string of the molecule is O=C(CC[C@H]1CN(c2ccc(N3CCON(c4ccccc4)CC3)c(F)c2)C(=O)O1)C(F)F. The third-order valence-electron chi connectivity index (χ3n) is 5.64. The molecule has 2 aromatic rings. The highest BCUT2D eigenvalue weighted by Crippen LogP contribution is 2.29.